The molecule has 0 aliphatic rings. The average Bonchev–Trinajstić information content (AvgIpc) is 2.85. The number of carbonyl (C=O) groups excluding carboxylic acids is 1. The maximum Gasteiger partial charge on any atom is 0.326 e. The van der Waals surface area contributed by atoms with Crippen molar-refractivity contribution in [1.82, 2.24) is 20.3 Å². The highest BCUT2D eigenvalue weighted by atomic mass is 16.4. The summed E-state index contributed by atoms with van der Waals surface area (Å²) in [6.07, 6.45) is 0. The zero-order valence-electron chi connectivity index (χ0n) is 13.6. The third-order valence-electron chi connectivity index (χ3n) is 3.58. The summed E-state index contributed by atoms with van der Waals surface area (Å²) in [5.74, 6) is -1.84. The van der Waals surface area contributed by atoms with Gasteiger partial charge in [0.25, 0.3) is 5.91 Å². The van der Waals surface area contributed by atoms with Gasteiger partial charge in [0.05, 0.1) is 11.4 Å². The van der Waals surface area contributed by atoms with Crippen LogP contribution in [0.3, 0.4) is 0 Å². The molecule has 0 bridgehead atoms. The highest BCUT2D eigenvalue weighted by Gasteiger charge is 2.26. The molecule has 0 aliphatic heterocycles. The number of aliphatic carboxylic acids is 1. The number of aryl methyl sites for hydroxylation is 1. The Labute approximate surface area is 134 Å². The van der Waals surface area contributed by atoms with Crippen molar-refractivity contribution < 1.29 is 14.7 Å². The van der Waals surface area contributed by atoms with Crippen molar-refractivity contribution in [1.29, 1.82) is 0 Å². The van der Waals surface area contributed by atoms with Crippen LogP contribution in [0.4, 0.5) is 0 Å². The fourth-order valence-electron chi connectivity index (χ4n) is 2.27. The Balaban J connectivity index is 2.28. The van der Waals surface area contributed by atoms with Crippen molar-refractivity contribution >= 4 is 11.9 Å². The second kappa shape index (κ2) is 6.60. The monoisotopic (exact) mass is 316 g/mol. The lowest BCUT2D eigenvalue weighted by atomic mass is 10.0. The molecule has 0 unspecified atom stereocenters. The molecule has 1 aromatic heterocycles. The molecule has 0 spiro atoms. The van der Waals surface area contributed by atoms with E-state index in [1.807, 2.05) is 31.2 Å². The molecule has 122 valence electrons. The van der Waals surface area contributed by atoms with Gasteiger partial charge >= 0.3 is 5.97 Å². The standard InChI is InChI=1S/C16H20N4O3/c1-9(2)13(16(22)23)17-15(21)14-11(4)20(19-18-14)12-7-5-6-10(3)8-12/h5-9,13H,1-4H3,(H,17,21)(H,22,23)/t13-/m0/s1. The van der Waals surface area contributed by atoms with Crippen LogP contribution in [0.25, 0.3) is 5.69 Å². The number of amides is 1. The number of nitrogens with zero attached hydrogens (tertiary/aromatic N) is 3. The van der Waals surface area contributed by atoms with Gasteiger partial charge in [0.1, 0.15) is 6.04 Å². The first-order chi connectivity index (χ1) is 10.8. The first-order valence-electron chi connectivity index (χ1n) is 7.34. The topological polar surface area (TPSA) is 97.1 Å². The second-order valence-corrected chi connectivity index (χ2v) is 5.81. The van der Waals surface area contributed by atoms with E-state index in [2.05, 4.69) is 15.6 Å². The lowest BCUT2D eigenvalue weighted by Crippen LogP contribution is -2.44. The van der Waals surface area contributed by atoms with E-state index in [9.17, 15) is 9.59 Å². The second-order valence-electron chi connectivity index (χ2n) is 5.81. The van der Waals surface area contributed by atoms with Gasteiger partial charge < -0.3 is 10.4 Å². The Hall–Kier alpha value is -2.70. The molecule has 23 heavy (non-hydrogen) atoms. The van der Waals surface area contributed by atoms with Crippen LogP contribution in [-0.4, -0.2) is 38.0 Å². The molecule has 1 aromatic carbocycles. The number of carbonyl (C=O) groups is 2. The first kappa shape index (κ1) is 16.7. The minimum absolute atomic E-state index is 0.124. The largest absolute Gasteiger partial charge is 0.480 e. The third kappa shape index (κ3) is 3.56. The highest BCUT2D eigenvalue weighted by Crippen LogP contribution is 2.14. The summed E-state index contributed by atoms with van der Waals surface area (Å²) < 4.78 is 1.56. The molecule has 0 radical (unpaired) electrons. The Bertz CT molecular complexity index is 737. The van der Waals surface area contributed by atoms with E-state index >= 15 is 0 Å². The third-order valence-corrected chi connectivity index (χ3v) is 3.58. The van der Waals surface area contributed by atoms with Crippen molar-refractivity contribution in [3.8, 4) is 5.69 Å². The van der Waals surface area contributed by atoms with Gasteiger partial charge in [-0.3, -0.25) is 4.79 Å². The summed E-state index contributed by atoms with van der Waals surface area (Å²) in [4.78, 5) is 23.5. The number of carboxylic acids is 1. The SMILES string of the molecule is Cc1cccc(-n2nnc(C(=O)N[C@H](C(=O)O)C(C)C)c2C)c1. The maximum atomic E-state index is 12.3. The number of hydrogen-bond acceptors (Lipinski definition) is 4. The molecule has 2 rings (SSSR count). The van der Waals surface area contributed by atoms with E-state index in [0.29, 0.717) is 5.69 Å². The molecular weight excluding hydrogens is 296 g/mol. The average molecular weight is 316 g/mol. The summed E-state index contributed by atoms with van der Waals surface area (Å²) >= 11 is 0. The molecule has 1 atom stereocenters. The van der Waals surface area contributed by atoms with Crippen LogP contribution >= 0.6 is 0 Å². The summed E-state index contributed by atoms with van der Waals surface area (Å²) in [5.41, 5.74) is 2.54. The van der Waals surface area contributed by atoms with Crippen molar-refractivity contribution in [3.05, 3.63) is 41.2 Å². The molecule has 1 amide bonds. The molecule has 0 aliphatic carbocycles. The smallest absolute Gasteiger partial charge is 0.326 e. The molecule has 0 saturated carbocycles. The van der Waals surface area contributed by atoms with E-state index in [1.54, 1.807) is 25.5 Å². The van der Waals surface area contributed by atoms with E-state index in [-0.39, 0.29) is 11.6 Å². The Morgan fingerprint density at radius 2 is 1.96 bits per heavy atom. The van der Waals surface area contributed by atoms with Crippen LogP contribution in [-0.2, 0) is 4.79 Å². The molecule has 2 N–H and O–H groups in total. The summed E-state index contributed by atoms with van der Waals surface area (Å²) in [6.45, 7) is 7.15. The van der Waals surface area contributed by atoms with Gasteiger partial charge in [0.2, 0.25) is 0 Å². The van der Waals surface area contributed by atoms with Crippen LogP contribution in [0.2, 0.25) is 0 Å². The number of carboxylic acid groups (broad SMARTS) is 1. The van der Waals surface area contributed by atoms with Gasteiger partial charge in [-0.05, 0) is 37.5 Å². The Morgan fingerprint density at radius 3 is 2.52 bits per heavy atom. The van der Waals surface area contributed by atoms with Crippen molar-refractivity contribution in [2.75, 3.05) is 0 Å². The Kier molecular flexibility index (Phi) is 4.78. The zero-order chi connectivity index (χ0) is 17.1. The fraction of sp³-hybridized carbons (Fsp3) is 0.375. The number of nitrogens with one attached hydrogen (secondary N) is 1. The van der Waals surface area contributed by atoms with E-state index < -0.39 is 17.9 Å². The summed E-state index contributed by atoms with van der Waals surface area (Å²) in [6, 6.07) is 6.68. The Morgan fingerprint density at radius 1 is 1.26 bits per heavy atom. The maximum absolute atomic E-state index is 12.3. The van der Waals surface area contributed by atoms with Crippen LogP contribution in [0.1, 0.15) is 35.6 Å². The van der Waals surface area contributed by atoms with E-state index in [0.717, 1.165) is 11.3 Å². The highest BCUT2D eigenvalue weighted by molar-refractivity contribution is 5.95. The molecule has 2 aromatic rings. The van der Waals surface area contributed by atoms with E-state index in [4.69, 9.17) is 5.11 Å². The van der Waals surface area contributed by atoms with Crippen molar-refractivity contribution in [2.24, 2.45) is 5.92 Å². The van der Waals surface area contributed by atoms with Crippen LogP contribution in [0.15, 0.2) is 24.3 Å². The van der Waals surface area contributed by atoms with Crippen LogP contribution in [0.5, 0.6) is 0 Å². The first-order valence-corrected chi connectivity index (χ1v) is 7.34. The molecular formula is C16H20N4O3. The summed E-state index contributed by atoms with van der Waals surface area (Å²) in [5, 5.41) is 19.6. The van der Waals surface area contributed by atoms with Crippen molar-refractivity contribution in [2.45, 2.75) is 33.7 Å². The molecule has 0 fully saturated rings. The normalized spacial score (nSPS) is 12.2. The molecule has 7 heteroatoms. The number of benzene rings is 1. The zero-order valence-corrected chi connectivity index (χ0v) is 13.6. The molecule has 1 heterocycles. The predicted octanol–water partition coefficient (Wildman–Crippen LogP) is 1.72. The van der Waals surface area contributed by atoms with Gasteiger partial charge in [-0.25, -0.2) is 9.48 Å². The minimum atomic E-state index is -1.07. The molecule has 0 saturated heterocycles. The van der Waals surface area contributed by atoms with Gasteiger partial charge in [-0.15, -0.1) is 5.10 Å². The van der Waals surface area contributed by atoms with Crippen LogP contribution in [0, 0.1) is 19.8 Å². The summed E-state index contributed by atoms with van der Waals surface area (Å²) in [7, 11) is 0. The number of aromatic nitrogens is 3. The number of hydrogen-bond donors (Lipinski definition) is 2. The van der Waals surface area contributed by atoms with Gasteiger partial charge in [-0.1, -0.05) is 31.2 Å². The lowest BCUT2D eigenvalue weighted by molar-refractivity contribution is -0.140. The minimum Gasteiger partial charge on any atom is -0.480 e. The van der Waals surface area contributed by atoms with Gasteiger partial charge in [0.15, 0.2) is 5.69 Å². The van der Waals surface area contributed by atoms with E-state index in [1.165, 1.54) is 0 Å². The number of rotatable bonds is 5. The van der Waals surface area contributed by atoms with Crippen molar-refractivity contribution in [3.63, 3.8) is 0 Å². The quantitative estimate of drug-likeness (QED) is 0.875. The fourth-order valence-corrected chi connectivity index (χ4v) is 2.27. The van der Waals surface area contributed by atoms with Gasteiger partial charge in [0, 0.05) is 0 Å². The van der Waals surface area contributed by atoms with Gasteiger partial charge in [-0.2, -0.15) is 0 Å². The van der Waals surface area contributed by atoms with Crippen LogP contribution < -0.4 is 5.32 Å². The lowest BCUT2D eigenvalue weighted by Gasteiger charge is -2.17. The molecule has 7 nitrogen and oxygen atoms in total. The predicted molar refractivity (Wildman–Crippen MR) is 84.6 cm³/mol.